The molecule has 0 saturated carbocycles. The van der Waals surface area contributed by atoms with Gasteiger partial charge in [-0.1, -0.05) is 25.1 Å². The fourth-order valence-electron chi connectivity index (χ4n) is 1.78. The Bertz CT molecular complexity index is 346. The number of benzene rings is 1. The standard InChI is InChI=1S/C14H24N2OS/c1-11(8-9-17-3)13(16-15)10-18-14-7-5-4-6-12(14)2/h4-7,11,13,16H,8-10,15H2,1-3H3. The fraction of sp³-hybridized carbons (Fsp3) is 0.571. The van der Waals surface area contributed by atoms with Gasteiger partial charge in [-0.2, -0.15) is 0 Å². The Morgan fingerprint density at radius 1 is 1.39 bits per heavy atom. The van der Waals surface area contributed by atoms with E-state index in [0.29, 0.717) is 12.0 Å². The molecule has 3 N–H and O–H groups in total. The first-order valence-corrected chi connectivity index (χ1v) is 7.31. The van der Waals surface area contributed by atoms with E-state index in [0.717, 1.165) is 18.8 Å². The largest absolute Gasteiger partial charge is 0.385 e. The number of hydrogen-bond donors (Lipinski definition) is 2. The molecule has 18 heavy (non-hydrogen) atoms. The number of methoxy groups -OCH3 is 1. The summed E-state index contributed by atoms with van der Waals surface area (Å²) in [6.45, 7) is 5.14. The highest BCUT2D eigenvalue weighted by molar-refractivity contribution is 7.99. The Hall–Kier alpha value is -0.550. The van der Waals surface area contributed by atoms with Crippen molar-refractivity contribution in [1.29, 1.82) is 0 Å². The van der Waals surface area contributed by atoms with Crippen LogP contribution in [0.15, 0.2) is 29.2 Å². The highest BCUT2D eigenvalue weighted by Crippen LogP contribution is 2.24. The van der Waals surface area contributed by atoms with Gasteiger partial charge in [0.2, 0.25) is 0 Å². The van der Waals surface area contributed by atoms with E-state index in [1.54, 1.807) is 7.11 Å². The molecule has 2 unspecified atom stereocenters. The highest BCUT2D eigenvalue weighted by Gasteiger charge is 2.16. The molecule has 2 atom stereocenters. The molecule has 0 aliphatic rings. The lowest BCUT2D eigenvalue weighted by molar-refractivity contribution is 0.172. The molecule has 3 nitrogen and oxygen atoms in total. The predicted molar refractivity (Wildman–Crippen MR) is 78.7 cm³/mol. The first kappa shape index (κ1) is 15.5. The van der Waals surface area contributed by atoms with Gasteiger partial charge in [0.05, 0.1) is 0 Å². The van der Waals surface area contributed by atoms with Crippen LogP contribution in [0.1, 0.15) is 18.9 Å². The van der Waals surface area contributed by atoms with E-state index in [9.17, 15) is 0 Å². The van der Waals surface area contributed by atoms with Gasteiger partial charge >= 0.3 is 0 Å². The van der Waals surface area contributed by atoms with Crippen molar-refractivity contribution in [2.75, 3.05) is 19.5 Å². The highest BCUT2D eigenvalue weighted by atomic mass is 32.2. The number of aryl methyl sites for hydroxylation is 1. The smallest absolute Gasteiger partial charge is 0.0465 e. The summed E-state index contributed by atoms with van der Waals surface area (Å²) in [7, 11) is 1.74. The second-order valence-electron chi connectivity index (χ2n) is 4.61. The topological polar surface area (TPSA) is 47.3 Å². The van der Waals surface area contributed by atoms with E-state index >= 15 is 0 Å². The van der Waals surface area contributed by atoms with Crippen molar-refractivity contribution in [2.45, 2.75) is 31.2 Å². The Labute approximate surface area is 114 Å². The molecule has 1 aromatic carbocycles. The van der Waals surface area contributed by atoms with Crippen LogP contribution >= 0.6 is 11.8 Å². The molecule has 1 aromatic rings. The van der Waals surface area contributed by atoms with Crippen molar-refractivity contribution < 1.29 is 4.74 Å². The summed E-state index contributed by atoms with van der Waals surface area (Å²) in [5.74, 6) is 7.13. The van der Waals surface area contributed by atoms with Crippen LogP contribution < -0.4 is 11.3 Å². The zero-order valence-corrected chi connectivity index (χ0v) is 12.3. The van der Waals surface area contributed by atoms with Gasteiger partial charge in [-0.3, -0.25) is 11.3 Å². The van der Waals surface area contributed by atoms with Gasteiger partial charge in [0.15, 0.2) is 0 Å². The zero-order chi connectivity index (χ0) is 13.4. The van der Waals surface area contributed by atoms with E-state index in [1.807, 2.05) is 11.8 Å². The normalized spacial score (nSPS) is 14.4. The number of hydrazine groups is 1. The average molecular weight is 268 g/mol. The molecule has 0 aromatic heterocycles. The van der Waals surface area contributed by atoms with Crippen molar-refractivity contribution in [3.8, 4) is 0 Å². The summed E-state index contributed by atoms with van der Waals surface area (Å²) in [4.78, 5) is 1.33. The van der Waals surface area contributed by atoms with Gasteiger partial charge < -0.3 is 4.74 Å². The molecular weight excluding hydrogens is 244 g/mol. The number of rotatable bonds is 8. The maximum Gasteiger partial charge on any atom is 0.0465 e. The van der Waals surface area contributed by atoms with E-state index in [1.165, 1.54) is 10.5 Å². The van der Waals surface area contributed by atoms with Crippen molar-refractivity contribution in [3.05, 3.63) is 29.8 Å². The van der Waals surface area contributed by atoms with Crippen LogP contribution in [-0.2, 0) is 4.74 Å². The van der Waals surface area contributed by atoms with E-state index < -0.39 is 0 Å². The van der Waals surface area contributed by atoms with E-state index in [2.05, 4.69) is 43.5 Å². The number of thioether (sulfide) groups is 1. The molecule has 0 radical (unpaired) electrons. The van der Waals surface area contributed by atoms with Crippen LogP contribution in [0.4, 0.5) is 0 Å². The summed E-state index contributed by atoms with van der Waals surface area (Å²) in [5, 5.41) is 0. The molecule has 0 aliphatic carbocycles. The second kappa shape index (κ2) is 8.53. The maximum absolute atomic E-state index is 5.64. The first-order chi connectivity index (χ1) is 8.69. The minimum absolute atomic E-state index is 0.310. The van der Waals surface area contributed by atoms with Crippen LogP contribution in [0.25, 0.3) is 0 Å². The molecule has 1 rings (SSSR count). The van der Waals surface area contributed by atoms with Crippen LogP contribution in [0.2, 0.25) is 0 Å². The molecule has 0 spiro atoms. The Balaban J connectivity index is 2.46. The molecular formula is C14H24N2OS. The third kappa shape index (κ3) is 4.98. The van der Waals surface area contributed by atoms with Crippen molar-refractivity contribution in [3.63, 3.8) is 0 Å². The fourth-order valence-corrected chi connectivity index (χ4v) is 3.03. The predicted octanol–water partition coefficient (Wildman–Crippen LogP) is 2.59. The Morgan fingerprint density at radius 3 is 2.72 bits per heavy atom. The summed E-state index contributed by atoms with van der Waals surface area (Å²) >= 11 is 1.86. The number of nitrogens with two attached hydrogens (primary N) is 1. The van der Waals surface area contributed by atoms with Gasteiger partial charge in [-0.05, 0) is 30.9 Å². The third-order valence-corrected chi connectivity index (χ3v) is 4.49. The van der Waals surface area contributed by atoms with Gasteiger partial charge in [0.1, 0.15) is 0 Å². The first-order valence-electron chi connectivity index (χ1n) is 6.32. The second-order valence-corrected chi connectivity index (χ2v) is 5.67. The minimum atomic E-state index is 0.310. The molecule has 0 bridgehead atoms. The van der Waals surface area contributed by atoms with Crippen LogP contribution in [0.5, 0.6) is 0 Å². The molecule has 0 saturated heterocycles. The average Bonchev–Trinajstić information content (AvgIpc) is 2.39. The van der Waals surface area contributed by atoms with Gasteiger partial charge in [-0.15, -0.1) is 11.8 Å². The number of hydrogen-bond acceptors (Lipinski definition) is 4. The van der Waals surface area contributed by atoms with Crippen molar-refractivity contribution in [2.24, 2.45) is 11.8 Å². The summed E-state index contributed by atoms with van der Waals surface area (Å²) < 4.78 is 5.11. The molecule has 0 aliphatic heterocycles. The Morgan fingerprint density at radius 2 is 2.11 bits per heavy atom. The maximum atomic E-state index is 5.64. The SMILES string of the molecule is COCCC(C)C(CSc1ccccc1C)NN. The van der Waals surface area contributed by atoms with Crippen molar-refractivity contribution in [1.82, 2.24) is 5.43 Å². The van der Waals surface area contributed by atoms with E-state index in [4.69, 9.17) is 10.6 Å². The lowest BCUT2D eigenvalue weighted by Gasteiger charge is -2.23. The lowest BCUT2D eigenvalue weighted by Crippen LogP contribution is -2.42. The molecule has 0 heterocycles. The van der Waals surface area contributed by atoms with Crippen LogP contribution in [-0.4, -0.2) is 25.5 Å². The quantitative estimate of drug-likeness (QED) is 0.432. The molecule has 0 fully saturated rings. The van der Waals surface area contributed by atoms with Crippen molar-refractivity contribution >= 4 is 11.8 Å². The minimum Gasteiger partial charge on any atom is -0.385 e. The molecule has 0 amide bonds. The molecule has 4 heteroatoms. The van der Waals surface area contributed by atoms with Gasteiger partial charge in [-0.25, -0.2) is 0 Å². The summed E-state index contributed by atoms with van der Waals surface area (Å²) in [5.41, 5.74) is 4.25. The number of nitrogens with one attached hydrogen (secondary N) is 1. The summed E-state index contributed by atoms with van der Waals surface area (Å²) in [6.07, 6.45) is 1.03. The van der Waals surface area contributed by atoms with E-state index in [-0.39, 0.29) is 0 Å². The van der Waals surface area contributed by atoms with Gasteiger partial charge in [0.25, 0.3) is 0 Å². The van der Waals surface area contributed by atoms with Crippen LogP contribution in [0.3, 0.4) is 0 Å². The third-order valence-electron chi connectivity index (χ3n) is 3.19. The monoisotopic (exact) mass is 268 g/mol. The zero-order valence-electron chi connectivity index (χ0n) is 11.5. The Kier molecular flexibility index (Phi) is 7.35. The molecule has 102 valence electrons. The van der Waals surface area contributed by atoms with Gasteiger partial charge in [0, 0.05) is 30.4 Å². The van der Waals surface area contributed by atoms with Crippen LogP contribution in [0, 0.1) is 12.8 Å². The number of ether oxygens (including phenoxy) is 1. The lowest BCUT2D eigenvalue weighted by atomic mass is 10.0. The summed E-state index contributed by atoms with van der Waals surface area (Å²) in [6, 6.07) is 8.76.